The maximum absolute atomic E-state index is 10.9. The van der Waals surface area contributed by atoms with Crippen LogP contribution in [0.5, 0.6) is 0 Å². The standard InChI is InChI=1S/C9H17NO5S/c1-3-9(11)15-7-6-10-5-4-8-16(12,13)14-2/h3,10H,1,4-8H2,2H3. The van der Waals surface area contributed by atoms with E-state index in [0.29, 0.717) is 19.5 Å². The van der Waals surface area contributed by atoms with Crippen molar-refractivity contribution in [1.82, 2.24) is 5.32 Å². The summed E-state index contributed by atoms with van der Waals surface area (Å²) >= 11 is 0. The third-order valence-corrected chi connectivity index (χ3v) is 2.99. The average Bonchev–Trinajstić information content (AvgIpc) is 2.27. The molecule has 0 aliphatic carbocycles. The fourth-order valence-corrected chi connectivity index (χ4v) is 1.53. The van der Waals surface area contributed by atoms with E-state index in [1.165, 1.54) is 0 Å². The van der Waals surface area contributed by atoms with E-state index in [1.807, 2.05) is 0 Å². The van der Waals surface area contributed by atoms with Gasteiger partial charge >= 0.3 is 5.97 Å². The fourth-order valence-electron chi connectivity index (χ4n) is 0.865. The highest BCUT2D eigenvalue weighted by Gasteiger charge is 2.06. The molecule has 0 heterocycles. The second-order valence-electron chi connectivity index (χ2n) is 2.90. The smallest absolute Gasteiger partial charge is 0.330 e. The maximum Gasteiger partial charge on any atom is 0.330 e. The molecule has 0 atom stereocenters. The van der Waals surface area contributed by atoms with E-state index in [0.717, 1.165) is 13.2 Å². The van der Waals surface area contributed by atoms with Gasteiger partial charge in [-0.25, -0.2) is 4.79 Å². The minimum Gasteiger partial charge on any atom is -0.461 e. The molecule has 0 spiro atoms. The lowest BCUT2D eigenvalue weighted by Gasteiger charge is -2.04. The number of esters is 1. The van der Waals surface area contributed by atoms with Gasteiger partial charge in [0.15, 0.2) is 0 Å². The van der Waals surface area contributed by atoms with Crippen LogP contribution in [0.2, 0.25) is 0 Å². The van der Waals surface area contributed by atoms with Crippen LogP contribution in [-0.4, -0.2) is 46.9 Å². The van der Waals surface area contributed by atoms with Crippen molar-refractivity contribution >= 4 is 16.1 Å². The second kappa shape index (κ2) is 8.26. The third kappa shape index (κ3) is 8.39. The zero-order chi connectivity index (χ0) is 12.4. The van der Waals surface area contributed by atoms with Gasteiger partial charge in [0.05, 0.1) is 12.9 Å². The predicted molar refractivity (Wildman–Crippen MR) is 59.4 cm³/mol. The Morgan fingerprint density at radius 2 is 2.12 bits per heavy atom. The average molecular weight is 251 g/mol. The van der Waals surface area contributed by atoms with E-state index < -0.39 is 16.1 Å². The van der Waals surface area contributed by atoms with Crippen molar-refractivity contribution < 1.29 is 22.1 Å². The first-order valence-corrected chi connectivity index (χ1v) is 6.38. The van der Waals surface area contributed by atoms with Gasteiger partial charge in [0, 0.05) is 12.6 Å². The lowest BCUT2D eigenvalue weighted by Crippen LogP contribution is -2.23. The van der Waals surface area contributed by atoms with E-state index in [-0.39, 0.29) is 12.4 Å². The first kappa shape index (κ1) is 15.1. The van der Waals surface area contributed by atoms with Crippen molar-refractivity contribution in [2.45, 2.75) is 6.42 Å². The molecule has 0 radical (unpaired) electrons. The lowest BCUT2D eigenvalue weighted by atomic mass is 10.5. The van der Waals surface area contributed by atoms with Crippen LogP contribution in [-0.2, 0) is 23.8 Å². The number of hydrogen-bond acceptors (Lipinski definition) is 6. The van der Waals surface area contributed by atoms with E-state index in [9.17, 15) is 13.2 Å². The van der Waals surface area contributed by atoms with E-state index >= 15 is 0 Å². The van der Waals surface area contributed by atoms with Crippen molar-refractivity contribution in [3.63, 3.8) is 0 Å². The monoisotopic (exact) mass is 251 g/mol. The normalized spacial score (nSPS) is 11.1. The Hall–Kier alpha value is -0.920. The molecular weight excluding hydrogens is 234 g/mol. The Labute approximate surface area is 95.7 Å². The van der Waals surface area contributed by atoms with E-state index in [4.69, 9.17) is 4.74 Å². The van der Waals surface area contributed by atoms with Crippen LogP contribution in [0.15, 0.2) is 12.7 Å². The molecule has 0 aromatic carbocycles. The summed E-state index contributed by atoms with van der Waals surface area (Å²) in [5, 5.41) is 2.93. The van der Waals surface area contributed by atoms with Crippen LogP contribution in [0.1, 0.15) is 6.42 Å². The van der Waals surface area contributed by atoms with Crippen molar-refractivity contribution in [1.29, 1.82) is 0 Å². The summed E-state index contributed by atoms with van der Waals surface area (Å²) in [7, 11) is -2.23. The van der Waals surface area contributed by atoms with Crippen LogP contribution in [0.3, 0.4) is 0 Å². The Bertz CT molecular complexity index is 312. The maximum atomic E-state index is 10.9. The number of carbonyl (C=O) groups excluding carboxylic acids is 1. The molecule has 0 aliphatic heterocycles. The minimum atomic E-state index is -3.37. The van der Waals surface area contributed by atoms with Gasteiger partial charge in [-0.15, -0.1) is 0 Å². The predicted octanol–water partition coefficient (Wildman–Crippen LogP) is -0.328. The largest absolute Gasteiger partial charge is 0.461 e. The number of ether oxygens (including phenoxy) is 1. The van der Waals surface area contributed by atoms with E-state index in [2.05, 4.69) is 16.1 Å². The van der Waals surface area contributed by atoms with Gasteiger partial charge in [-0.05, 0) is 13.0 Å². The fraction of sp³-hybridized carbons (Fsp3) is 0.667. The number of hydrogen-bond donors (Lipinski definition) is 1. The van der Waals surface area contributed by atoms with Gasteiger partial charge in [-0.3, -0.25) is 4.18 Å². The van der Waals surface area contributed by atoms with Gasteiger partial charge in [0.2, 0.25) is 0 Å². The van der Waals surface area contributed by atoms with Gasteiger partial charge in [0.1, 0.15) is 6.61 Å². The molecule has 0 unspecified atom stereocenters. The molecule has 0 aromatic heterocycles. The minimum absolute atomic E-state index is 0.0249. The summed E-state index contributed by atoms with van der Waals surface area (Å²) in [5.41, 5.74) is 0. The molecule has 6 nitrogen and oxygen atoms in total. The molecule has 0 saturated carbocycles. The second-order valence-corrected chi connectivity index (χ2v) is 4.76. The summed E-state index contributed by atoms with van der Waals surface area (Å²) < 4.78 is 30.7. The molecular formula is C9H17NO5S. The van der Waals surface area contributed by atoms with Crippen LogP contribution in [0.4, 0.5) is 0 Å². The molecule has 0 bridgehead atoms. The lowest BCUT2D eigenvalue weighted by molar-refractivity contribution is -0.137. The van der Waals surface area contributed by atoms with Crippen molar-refractivity contribution in [3.05, 3.63) is 12.7 Å². The molecule has 0 aliphatic rings. The zero-order valence-corrected chi connectivity index (χ0v) is 10.1. The van der Waals surface area contributed by atoms with Crippen LogP contribution in [0, 0.1) is 0 Å². The van der Waals surface area contributed by atoms with Gasteiger partial charge in [-0.1, -0.05) is 6.58 Å². The van der Waals surface area contributed by atoms with Gasteiger partial charge in [-0.2, -0.15) is 8.42 Å². The molecule has 0 saturated heterocycles. The van der Waals surface area contributed by atoms with Crippen LogP contribution < -0.4 is 5.32 Å². The Kier molecular flexibility index (Phi) is 7.78. The van der Waals surface area contributed by atoms with Crippen LogP contribution >= 0.6 is 0 Å². The molecule has 0 rings (SSSR count). The van der Waals surface area contributed by atoms with Gasteiger partial charge < -0.3 is 10.1 Å². The molecule has 1 N–H and O–H groups in total. The Morgan fingerprint density at radius 1 is 1.44 bits per heavy atom. The van der Waals surface area contributed by atoms with Gasteiger partial charge in [0.25, 0.3) is 10.1 Å². The number of rotatable bonds is 9. The SMILES string of the molecule is C=CC(=O)OCCNCCCS(=O)(=O)OC. The van der Waals surface area contributed by atoms with E-state index in [1.54, 1.807) is 0 Å². The highest BCUT2D eigenvalue weighted by atomic mass is 32.2. The summed E-state index contributed by atoms with van der Waals surface area (Å²) in [6, 6.07) is 0. The first-order valence-electron chi connectivity index (χ1n) is 4.80. The number of carbonyl (C=O) groups is 1. The number of nitrogens with one attached hydrogen (secondary N) is 1. The van der Waals surface area contributed by atoms with Crippen LogP contribution in [0.25, 0.3) is 0 Å². The summed E-state index contributed by atoms with van der Waals surface area (Å²) in [6.45, 7) is 4.49. The first-order chi connectivity index (χ1) is 7.52. The molecule has 0 fully saturated rings. The van der Waals surface area contributed by atoms with Crippen molar-refractivity contribution in [3.8, 4) is 0 Å². The Morgan fingerprint density at radius 3 is 2.69 bits per heavy atom. The molecule has 94 valence electrons. The highest BCUT2D eigenvalue weighted by Crippen LogP contribution is 1.92. The quantitative estimate of drug-likeness (QED) is 0.261. The molecule has 7 heteroatoms. The van der Waals surface area contributed by atoms with Crippen molar-refractivity contribution in [2.75, 3.05) is 32.6 Å². The highest BCUT2D eigenvalue weighted by molar-refractivity contribution is 7.86. The Balaban J connectivity index is 3.35. The molecule has 16 heavy (non-hydrogen) atoms. The zero-order valence-electron chi connectivity index (χ0n) is 9.27. The topological polar surface area (TPSA) is 81.7 Å². The van der Waals surface area contributed by atoms with Crippen molar-refractivity contribution in [2.24, 2.45) is 0 Å². The summed E-state index contributed by atoms with van der Waals surface area (Å²) in [6.07, 6.45) is 1.54. The molecule has 0 aromatic rings. The molecule has 0 amide bonds. The summed E-state index contributed by atoms with van der Waals surface area (Å²) in [4.78, 5) is 10.6. The summed E-state index contributed by atoms with van der Waals surface area (Å²) in [5.74, 6) is -0.494. The third-order valence-electron chi connectivity index (χ3n) is 1.69.